The highest BCUT2D eigenvalue weighted by atomic mass is 79.9. The number of aryl methyl sites for hydroxylation is 2. The lowest BCUT2D eigenvalue weighted by Gasteiger charge is -2.05. The van der Waals surface area contributed by atoms with E-state index in [-0.39, 0.29) is 0 Å². The molecule has 0 unspecified atom stereocenters. The lowest BCUT2D eigenvalue weighted by atomic mass is 10.2. The quantitative estimate of drug-likeness (QED) is 0.759. The Kier molecular flexibility index (Phi) is 4.24. The SMILES string of the molecule is Cc1cccc(CSc2ncc(C)cc2Br)c1. The first-order chi connectivity index (χ1) is 8.15. The second kappa shape index (κ2) is 5.69. The highest BCUT2D eigenvalue weighted by Gasteiger charge is 2.03. The van der Waals surface area contributed by atoms with E-state index in [1.807, 2.05) is 13.1 Å². The smallest absolute Gasteiger partial charge is 0.111 e. The molecular weight excluding hydrogens is 294 g/mol. The van der Waals surface area contributed by atoms with Crippen LogP contribution in [0.5, 0.6) is 0 Å². The molecule has 0 bridgehead atoms. The summed E-state index contributed by atoms with van der Waals surface area (Å²) in [6, 6.07) is 10.7. The summed E-state index contributed by atoms with van der Waals surface area (Å²) in [4.78, 5) is 4.43. The average molecular weight is 308 g/mol. The molecule has 1 aromatic carbocycles. The fraction of sp³-hybridized carbons (Fsp3) is 0.214. The van der Waals surface area contributed by atoms with Gasteiger partial charge < -0.3 is 0 Å². The van der Waals surface area contributed by atoms with Crippen LogP contribution in [0.4, 0.5) is 0 Å². The summed E-state index contributed by atoms with van der Waals surface area (Å²) in [5, 5.41) is 1.05. The molecule has 17 heavy (non-hydrogen) atoms. The fourth-order valence-corrected chi connectivity index (χ4v) is 3.19. The van der Waals surface area contributed by atoms with Crippen molar-refractivity contribution in [3.63, 3.8) is 0 Å². The number of hydrogen-bond acceptors (Lipinski definition) is 2. The minimum atomic E-state index is 0.955. The van der Waals surface area contributed by atoms with Crippen molar-refractivity contribution in [3.8, 4) is 0 Å². The van der Waals surface area contributed by atoms with Gasteiger partial charge in [-0.25, -0.2) is 4.98 Å². The van der Waals surface area contributed by atoms with E-state index >= 15 is 0 Å². The van der Waals surface area contributed by atoms with Gasteiger partial charge in [0.05, 0.1) is 4.47 Å². The van der Waals surface area contributed by atoms with E-state index in [0.717, 1.165) is 15.3 Å². The first-order valence-corrected chi connectivity index (χ1v) is 7.23. The monoisotopic (exact) mass is 307 g/mol. The van der Waals surface area contributed by atoms with E-state index in [1.54, 1.807) is 11.8 Å². The lowest BCUT2D eigenvalue weighted by molar-refractivity contribution is 1.08. The van der Waals surface area contributed by atoms with Crippen LogP contribution in [0.1, 0.15) is 16.7 Å². The zero-order chi connectivity index (χ0) is 12.3. The third kappa shape index (κ3) is 3.58. The molecule has 0 N–H and O–H groups in total. The van der Waals surface area contributed by atoms with E-state index < -0.39 is 0 Å². The summed E-state index contributed by atoms with van der Waals surface area (Å²) >= 11 is 5.31. The second-order valence-electron chi connectivity index (χ2n) is 4.08. The minimum absolute atomic E-state index is 0.955. The molecule has 0 aliphatic carbocycles. The van der Waals surface area contributed by atoms with Gasteiger partial charge in [-0.15, -0.1) is 11.8 Å². The fourth-order valence-electron chi connectivity index (χ4n) is 1.58. The molecule has 0 saturated heterocycles. The molecule has 1 nitrogen and oxygen atoms in total. The van der Waals surface area contributed by atoms with Crippen LogP contribution in [-0.2, 0) is 5.75 Å². The van der Waals surface area contributed by atoms with Crippen molar-refractivity contribution in [2.24, 2.45) is 0 Å². The minimum Gasteiger partial charge on any atom is -0.248 e. The van der Waals surface area contributed by atoms with Gasteiger partial charge in [0.15, 0.2) is 0 Å². The molecule has 3 heteroatoms. The summed E-state index contributed by atoms with van der Waals surface area (Å²) in [6.45, 7) is 4.17. The maximum absolute atomic E-state index is 4.43. The van der Waals surface area contributed by atoms with Crippen LogP contribution < -0.4 is 0 Å². The zero-order valence-electron chi connectivity index (χ0n) is 9.90. The lowest BCUT2D eigenvalue weighted by Crippen LogP contribution is -1.86. The highest BCUT2D eigenvalue weighted by Crippen LogP contribution is 2.28. The van der Waals surface area contributed by atoms with Crippen molar-refractivity contribution in [2.75, 3.05) is 0 Å². The van der Waals surface area contributed by atoms with Crippen LogP contribution in [0.15, 0.2) is 46.0 Å². The maximum atomic E-state index is 4.43. The number of rotatable bonds is 3. The van der Waals surface area contributed by atoms with E-state index in [4.69, 9.17) is 0 Å². The number of pyridine rings is 1. The molecule has 0 aliphatic heterocycles. The molecule has 1 aromatic heterocycles. The van der Waals surface area contributed by atoms with E-state index in [2.05, 4.69) is 58.2 Å². The normalized spacial score (nSPS) is 10.5. The topological polar surface area (TPSA) is 12.9 Å². The van der Waals surface area contributed by atoms with Gasteiger partial charge in [-0.05, 0) is 47.0 Å². The summed E-state index contributed by atoms with van der Waals surface area (Å²) in [5.41, 5.74) is 3.82. The number of benzene rings is 1. The van der Waals surface area contributed by atoms with Crippen LogP contribution in [0.25, 0.3) is 0 Å². The summed E-state index contributed by atoms with van der Waals surface area (Å²) in [5.74, 6) is 0.955. The number of thioether (sulfide) groups is 1. The largest absolute Gasteiger partial charge is 0.248 e. The molecule has 0 aliphatic rings. The Hall–Kier alpha value is -0.800. The van der Waals surface area contributed by atoms with Gasteiger partial charge in [-0.2, -0.15) is 0 Å². The third-order valence-electron chi connectivity index (χ3n) is 2.40. The second-order valence-corrected chi connectivity index (χ2v) is 5.90. The summed E-state index contributed by atoms with van der Waals surface area (Å²) < 4.78 is 1.08. The highest BCUT2D eigenvalue weighted by molar-refractivity contribution is 9.10. The molecule has 0 spiro atoms. The maximum Gasteiger partial charge on any atom is 0.111 e. The zero-order valence-corrected chi connectivity index (χ0v) is 12.3. The average Bonchev–Trinajstić information content (AvgIpc) is 2.28. The predicted molar refractivity (Wildman–Crippen MR) is 77.4 cm³/mol. The van der Waals surface area contributed by atoms with E-state index in [0.29, 0.717) is 0 Å². The van der Waals surface area contributed by atoms with Crippen LogP contribution in [-0.4, -0.2) is 4.98 Å². The molecular formula is C14H14BrNS. The van der Waals surface area contributed by atoms with E-state index in [9.17, 15) is 0 Å². The van der Waals surface area contributed by atoms with E-state index in [1.165, 1.54) is 16.7 Å². The van der Waals surface area contributed by atoms with Crippen molar-refractivity contribution in [2.45, 2.75) is 24.6 Å². The van der Waals surface area contributed by atoms with Gasteiger partial charge >= 0.3 is 0 Å². The Balaban J connectivity index is 2.07. The molecule has 88 valence electrons. The molecule has 1 heterocycles. The number of halogens is 1. The molecule has 0 atom stereocenters. The molecule has 0 fully saturated rings. The van der Waals surface area contributed by atoms with Crippen molar-refractivity contribution in [1.29, 1.82) is 0 Å². The van der Waals surface area contributed by atoms with Gasteiger partial charge in [0.1, 0.15) is 5.03 Å². The van der Waals surface area contributed by atoms with Crippen molar-refractivity contribution in [3.05, 3.63) is 57.7 Å². The van der Waals surface area contributed by atoms with Crippen molar-refractivity contribution < 1.29 is 0 Å². The van der Waals surface area contributed by atoms with Crippen LogP contribution in [0.2, 0.25) is 0 Å². The molecule has 2 rings (SSSR count). The van der Waals surface area contributed by atoms with Gasteiger partial charge in [0.25, 0.3) is 0 Å². The first-order valence-electron chi connectivity index (χ1n) is 5.45. The Labute approximate surface area is 115 Å². The van der Waals surface area contributed by atoms with Crippen molar-refractivity contribution >= 4 is 27.7 Å². The van der Waals surface area contributed by atoms with Gasteiger partial charge in [0.2, 0.25) is 0 Å². The molecule has 0 saturated carbocycles. The molecule has 0 radical (unpaired) electrons. The summed E-state index contributed by atoms with van der Waals surface area (Å²) in [7, 11) is 0. The van der Waals surface area contributed by atoms with Crippen LogP contribution in [0, 0.1) is 13.8 Å². The molecule has 0 amide bonds. The number of aromatic nitrogens is 1. The first kappa shape index (κ1) is 12.7. The van der Waals surface area contributed by atoms with Gasteiger partial charge in [-0.3, -0.25) is 0 Å². The van der Waals surface area contributed by atoms with Crippen molar-refractivity contribution in [1.82, 2.24) is 4.98 Å². The Morgan fingerprint density at radius 1 is 1.18 bits per heavy atom. The van der Waals surface area contributed by atoms with Gasteiger partial charge in [-0.1, -0.05) is 29.8 Å². The predicted octanol–water partition coefficient (Wildman–Crippen LogP) is 4.75. The Morgan fingerprint density at radius 2 is 2.00 bits per heavy atom. The van der Waals surface area contributed by atoms with Crippen LogP contribution in [0.3, 0.4) is 0 Å². The Morgan fingerprint density at radius 3 is 2.71 bits per heavy atom. The van der Waals surface area contributed by atoms with Gasteiger partial charge in [0, 0.05) is 11.9 Å². The van der Waals surface area contributed by atoms with Crippen LogP contribution >= 0.6 is 27.7 Å². The molecule has 2 aromatic rings. The standard InChI is InChI=1S/C14H14BrNS/c1-10-4-3-5-12(6-10)9-17-14-13(15)7-11(2)8-16-14/h3-8H,9H2,1-2H3. The third-order valence-corrected chi connectivity index (χ3v) is 4.35. The number of nitrogens with zero attached hydrogens (tertiary/aromatic N) is 1. The Bertz CT molecular complexity index is 525. The number of hydrogen-bond donors (Lipinski definition) is 0. The summed E-state index contributed by atoms with van der Waals surface area (Å²) in [6.07, 6.45) is 1.91.